The van der Waals surface area contributed by atoms with E-state index in [1.807, 2.05) is 0 Å². The van der Waals surface area contributed by atoms with Gasteiger partial charge in [0.25, 0.3) is 0 Å². The first-order valence-corrected chi connectivity index (χ1v) is 18.8. The summed E-state index contributed by atoms with van der Waals surface area (Å²) in [5, 5.41) is 9.09. The molecular formula is C10H26Cl2N2PtSi2. The summed E-state index contributed by atoms with van der Waals surface area (Å²) in [4.78, 5) is 0. The number of halogens is 2. The van der Waals surface area contributed by atoms with E-state index >= 15 is 0 Å². The van der Waals surface area contributed by atoms with Crippen molar-refractivity contribution >= 4 is 35.0 Å². The van der Waals surface area contributed by atoms with Gasteiger partial charge in [-0.25, -0.2) is 0 Å². The van der Waals surface area contributed by atoms with E-state index in [-0.39, 0.29) is 0 Å². The van der Waals surface area contributed by atoms with Gasteiger partial charge in [0.15, 0.2) is 0 Å². The van der Waals surface area contributed by atoms with Gasteiger partial charge in [-0.2, -0.15) is 25.4 Å². The summed E-state index contributed by atoms with van der Waals surface area (Å²) in [7, 11) is 7.84. The Kier molecular flexibility index (Phi) is 14.1. The van der Waals surface area contributed by atoms with E-state index < -0.39 is 32.6 Å². The van der Waals surface area contributed by atoms with E-state index in [0.29, 0.717) is 0 Å². The van der Waals surface area contributed by atoms with E-state index in [9.17, 15) is 0 Å². The summed E-state index contributed by atoms with van der Waals surface area (Å²) in [5.74, 6) is 0. The molecule has 0 unspecified atom stereocenters. The number of rotatable bonds is 7. The molecule has 7 heteroatoms. The average Bonchev–Trinajstić information content (AvgIpc) is 2.09. The Morgan fingerprint density at radius 2 is 1.00 bits per heavy atom. The van der Waals surface area contributed by atoms with Crippen LogP contribution in [0.2, 0.25) is 39.3 Å². The van der Waals surface area contributed by atoms with E-state index in [4.69, 9.17) is 18.8 Å². The van der Waals surface area contributed by atoms with Gasteiger partial charge >= 0.3 is 35.3 Å². The van der Waals surface area contributed by atoms with Gasteiger partial charge < -0.3 is 10.6 Å². The third-order valence-electron chi connectivity index (χ3n) is 1.59. The average molecular weight is 496 g/mol. The summed E-state index contributed by atoms with van der Waals surface area (Å²) in [6.45, 7) is 16.0. The standard InChI is InChI=1S/C10H26N2Si2.2ClH.Pt/c1-13(2,3)9-11-7-8-12-10-14(4,5)6;;;/h7-10H2,1-6H3;2*1H;/q-2;;;+4/p-2. The molecule has 0 aromatic rings. The van der Waals surface area contributed by atoms with Crippen molar-refractivity contribution in [2.45, 2.75) is 39.3 Å². The Balaban J connectivity index is 0. The molecule has 0 amide bonds. The van der Waals surface area contributed by atoms with Crippen LogP contribution in [0.15, 0.2) is 0 Å². The molecule has 0 rings (SSSR count). The summed E-state index contributed by atoms with van der Waals surface area (Å²) in [5.41, 5.74) is 0. The maximum atomic E-state index is 4.88. The number of hydrogen-bond donors (Lipinski definition) is 0. The molecule has 0 saturated carbocycles. The van der Waals surface area contributed by atoms with Crippen LogP contribution in [0.4, 0.5) is 0 Å². The van der Waals surface area contributed by atoms with Gasteiger partial charge in [0, 0.05) is 16.1 Å². The first kappa shape index (κ1) is 20.9. The van der Waals surface area contributed by atoms with Crippen LogP contribution in [-0.4, -0.2) is 41.6 Å². The molecule has 0 spiro atoms. The van der Waals surface area contributed by atoms with Crippen molar-refractivity contribution in [3.8, 4) is 0 Å². The van der Waals surface area contributed by atoms with Gasteiger partial charge in [0.05, 0.1) is 0 Å². The molecule has 0 saturated heterocycles. The monoisotopic (exact) mass is 495 g/mol. The molecule has 0 aromatic carbocycles. The minimum absolute atomic E-state index is 0.472. The predicted octanol–water partition coefficient (Wildman–Crippen LogP) is 4.87. The molecule has 0 aliphatic heterocycles. The molecule has 0 fully saturated rings. The van der Waals surface area contributed by atoms with E-state index in [1.165, 1.54) is 0 Å². The van der Waals surface area contributed by atoms with Crippen LogP contribution in [0.25, 0.3) is 10.6 Å². The van der Waals surface area contributed by atoms with Crippen LogP contribution >= 0.6 is 18.8 Å². The van der Waals surface area contributed by atoms with E-state index in [0.717, 1.165) is 25.4 Å². The van der Waals surface area contributed by atoms with Crippen LogP contribution in [0.5, 0.6) is 0 Å². The Labute approximate surface area is 126 Å². The van der Waals surface area contributed by atoms with Gasteiger partial charge in [-0.15, -0.1) is 0 Å². The molecule has 0 bridgehead atoms. The topological polar surface area (TPSA) is 28.2 Å². The van der Waals surface area contributed by atoms with E-state index in [1.54, 1.807) is 0 Å². The Morgan fingerprint density at radius 1 is 0.765 bits per heavy atom. The van der Waals surface area contributed by atoms with Crippen molar-refractivity contribution in [3.63, 3.8) is 0 Å². The quantitative estimate of drug-likeness (QED) is 0.356. The number of hydrogen-bond acceptors (Lipinski definition) is 0. The molecule has 0 radical (unpaired) electrons. The van der Waals surface area contributed by atoms with Crippen molar-refractivity contribution in [1.29, 1.82) is 0 Å². The fourth-order valence-corrected chi connectivity index (χ4v) is 2.63. The second kappa shape index (κ2) is 11.4. The van der Waals surface area contributed by atoms with Gasteiger partial charge in [-0.3, -0.25) is 0 Å². The third kappa shape index (κ3) is 27.0. The predicted molar refractivity (Wildman–Crippen MR) is 84.6 cm³/mol. The fourth-order valence-electron chi connectivity index (χ4n) is 0.970. The zero-order chi connectivity index (χ0) is 13.9. The van der Waals surface area contributed by atoms with Crippen LogP contribution in [0.1, 0.15) is 0 Å². The van der Waals surface area contributed by atoms with E-state index in [2.05, 4.69) is 49.9 Å². The van der Waals surface area contributed by atoms with Gasteiger partial charge in [0.1, 0.15) is 0 Å². The first-order valence-electron chi connectivity index (χ1n) is 5.71. The van der Waals surface area contributed by atoms with Crippen LogP contribution < -0.4 is 0 Å². The van der Waals surface area contributed by atoms with Crippen LogP contribution in [0.3, 0.4) is 0 Å². The number of nitrogens with zero attached hydrogens (tertiary/aromatic N) is 2. The molecule has 0 aliphatic carbocycles. The zero-order valence-corrected chi connectivity index (χ0v) is 17.6. The van der Waals surface area contributed by atoms with Crippen molar-refractivity contribution in [2.24, 2.45) is 0 Å². The second-order valence-corrected chi connectivity index (χ2v) is 20.5. The van der Waals surface area contributed by atoms with Crippen LogP contribution in [-0.2, 0) is 16.5 Å². The van der Waals surface area contributed by atoms with Gasteiger partial charge in [-0.1, -0.05) is 39.3 Å². The molecule has 0 atom stereocenters. The molecule has 108 valence electrons. The molecule has 0 N–H and O–H groups in total. The summed E-state index contributed by atoms with van der Waals surface area (Å²) in [6, 6.07) is 0. The molecule has 0 aromatic heterocycles. The molecule has 0 aliphatic rings. The summed E-state index contributed by atoms with van der Waals surface area (Å²) in [6.07, 6.45) is 2.19. The molecule has 2 nitrogen and oxygen atoms in total. The fraction of sp³-hybridized carbons (Fsp3) is 1.00. The molecule has 17 heavy (non-hydrogen) atoms. The van der Waals surface area contributed by atoms with Crippen molar-refractivity contribution < 1.29 is 16.5 Å². The maximum absolute atomic E-state index is 4.88. The zero-order valence-electron chi connectivity index (χ0n) is 11.8. The van der Waals surface area contributed by atoms with Crippen molar-refractivity contribution in [3.05, 3.63) is 10.6 Å². The van der Waals surface area contributed by atoms with Crippen molar-refractivity contribution in [1.82, 2.24) is 0 Å². The van der Waals surface area contributed by atoms with Gasteiger partial charge in [-0.05, 0) is 0 Å². The van der Waals surface area contributed by atoms with Crippen molar-refractivity contribution in [2.75, 3.05) is 25.4 Å². The molecule has 0 heterocycles. The first-order chi connectivity index (χ1) is 7.62. The molecular weight excluding hydrogens is 470 g/mol. The Bertz CT molecular complexity index is 155. The third-order valence-corrected chi connectivity index (χ3v) is 3.93. The normalized spacial score (nSPS) is 12.2. The summed E-state index contributed by atoms with van der Waals surface area (Å²) >= 11 is -0.472. The summed E-state index contributed by atoms with van der Waals surface area (Å²) < 4.78 is 0. The Morgan fingerprint density at radius 3 is 1.18 bits per heavy atom. The second-order valence-electron chi connectivity index (χ2n) is 6.38. The minimum atomic E-state index is -0.954. The SMILES string of the molecule is C[Si](C)(C)C[N-]CC[N-]C[Si](C)(C)C.[Cl][Pt+2][Cl]. The Hall–Kier alpha value is 1.62. The van der Waals surface area contributed by atoms with Gasteiger partial charge in [0.2, 0.25) is 0 Å². The van der Waals surface area contributed by atoms with Crippen LogP contribution in [0, 0.1) is 0 Å².